The maximum Gasteiger partial charge on any atom is 0.311 e. The molecule has 0 saturated heterocycles. The number of ketones is 2. The second kappa shape index (κ2) is 5.45. The Morgan fingerprint density at radius 3 is 2.53 bits per heavy atom. The maximum atomic E-state index is 11.7. The number of Topliss-reactive ketones (excluding diaryl/α,β-unsaturated/α-hetero) is 2. The minimum absolute atomic E-state index is 0.0359. The summed E-state index contributed by atoms with van der Waals surface area (Å²) in [5.41, 5.74) is -0.0359. The fourth-order valence-electron chi connectivity index (χ4n) is 1.23. The van der Waals surface area contributed by atoms with Gasteiger partial charge in [0.25, 0.3) is 0 Å². The van der Waals surface area contributed by atoms with E-state index in [1.807, 2.05) is 0 Å². The van der Waals surface area contributed by atoms with E-state index in [1.165, 1.54) is 25.3 Å². The largest absolute Gasteiger partial charge is 0.496 e. The van der Waals surface area contributed by atoms with E-state index in [9.17, 15) is 14.4 Å². The molecular weight excluding hydrogens is 248 g/mol. The molecule has 0 atom stereocenters. The fraction of sp³-hybridized carbons (Fsp3) is 0.182. The molecule has 5 nitrogen and oxygen atoms in total. The summed E-state index contributed by atoms with van der Waals surface area (Å²) in [7, 11) is 1.34. The summed E-state index contributed by atoms with van der Waals surface area (Å²) in [6, 6.07) is 4.20. The predicted octanol–water partition coefficient (Wildman–Crippen LogP) is 1.58. The average Bonchev–Trinajstić information content (AvgIpc) is 2.27. The van der Waals surface area contributed by atoms with Gasteiger partial charge in [0.15, 0.2) is 0 Å². The molecule has 0 aliphatic rings. The maximum absolute atomic E-state index is 11.7. The number of aliphatic carboxylic acids is 1. The van der Waals surface area contributed by atoms with E-state index in [1.54, 1.807) is 0 Å². The molecule has 0 amide bonds. The van der Waals surface area contributed by atoms with Gasteiger partial charge in [-0.15, -0.1) is 0 Å². The van der Waals surface area contributed by atoms with Crippen LogP contribution in [0.1, 0.15) is 16.8 Å². The van der Waals surface area contributed by atoms with E-state index in [0.29, 0.717) is 0 Å². The number of methoxy groups -OCH3 is 1. The van der Waals surface area contributed by atoms with Gasteiger partial charge in [-0.2, -0.15) is 0 Å². The van der Waals surface area contributed by atoms with E-state index >= 15 is 0 Å². The highest BCUT2D eigenvalue weighted by Gasteiger charge is 2.22. The van der Waals surface area contributed by atoms with E-state index in [-0.39, 0.29) is 16.3 Å². The molecule has 1 N–H and O–H groups in total. The Bertz CT molecular complexity index is 481. The lowest BCUT2D eigenvalue weighted by molar-refractivity contribution is -0.139. The number of hydrogen-bond donors (Lipinski definition) is 1. The second-order valence-corrected chi connectivity index (χ2v) is 3.60. The van der Waals surface area contributed by atoms with Crippen molar-refractivity contribution in [3.05, 3.63) is 28.8 Å². The van der Waals surface area contributed by atoms with E-state index in [0.717, 1.165) is 0 Å². The van der Waals surface area contributed by atoms with Crippen LogP contribution in [0.15, 0.2) is 18.2 Å². The number of benzene rings is 1. The van der Waals surface area contributed by atoms with Crippen LogP contribution < -0.4 is 4.74 Å². The van der Waals surface area contributed by atoms with Crippen LogP contribution in [0.2, 0.25) is 5.02 Å². The van der Waals surface area contributed by atoms with Crippen molar-refractivity contribution in [3.63, 3.8) is 0 Å². The molecule has 0 spiro atoms. The van der Waals surface area contributed by atoms with Gasteiger partial charge in [-0.25, -0.2) is 0 Å². The number of carbonyl (C=O) groups is 3. The number of halogens is 1. The molecule has 1 aromatic carbocycles. The molecule has 0 bridgehead atoms. The number of rotatable bonds is 5. The monoisotopic (exact) mass is 256 g/mol. The fourth-order valence-corrected chi connectivity index (χ4v) is 1.40. The van der Waals surface area contributed by atoms with Gasteiger partial charge in [0.1, 0.15) is 12.2 Å². The summed E-state index contributed by atoms with van der Waals surface area (Å²) < 4.78 is 4.90. The minimum Gasteiger partial charge on any atom is -0.496 e. The molecule has 0 unspecified atom stereocenters. The summed E-state index contributed by atoms with van der Waals surface area (Å²) in [6.45, 7) is 0. The van der Waals surface area contributed by atoms with Crippen molar-refractivity contribution in [3.8, 4) is 5.75 Å². The lowest BCUT2D eigenvalue weighted by Crippen LogP contribution is -2.18. The van der Waals surface area contributed by atoms with Crippen molar-refractivity contribution in [1.82, 2.24) is 0 Å². The normalized spacial score (nSPS) is 9.76. The summed E-state index contributed by atoms with van der Waals surface area (Å²) in [5, 5.41) is 8.69. The Morgan fingerprint density at radius 1 is 1.35 bits per heavy atom. The SMILES string of the molecule is COc1ccc(Cl)cc1C(=O)C(=O)CC(=O)O. The van der Waals surface area contributed by atoms with Gasteiger partial charge in [-0.1, -0.05) is 11.6 Å². The Balaban J connectivity index is 3.06. The van der Waals surface area contributed by atoms with Crippen molar-refractivity contribution in [1.29, 1.82) is 0 Å². The van der Waals surface area contributed by atoms with E-state index < -0.39 is 24.0 Å². The number of ether oxygens (including phenoxy) is 1. The number of carboxylic acids is 1. The van der Waals surface area contributed by atoms with Crippen LogP contribution in [0.25, 0.3) is 0 Å². The first-order valence-corrected chi connectivity index (χ1v) is 4.96. The van der Waals surface area contributed by atoms with Gasteiger partial charge < -0.3 is 9.84 Å². The summed E-state index contributed by atoms with van der Waals surface area (Å²) in [5.74, 6) is -3.12. The Labute approximate surface area is 102 Å². The highest BCUT2D eigenvalue weighted by Crippen LogP contribution is 2.23. The summed E-state index contributed by atoms with van der Waals surface area (Å²) in [4.78, 5) is 33.3. The first-order chi connectivity index (χ1) is 7.95. The highest BCUT2D eigenvalue weighted by atomic mass is 35.5. The molecule has 0 saturated carbocycles. The number of carbonyl (C=O) groups excluding carboxylic acids is 2. The van der Waals surface area contributed by atoms with Gasteiger partial charge >= 0.3 is 5.97 Å². The quantitative estimate of drug-likeness (QED) is 0.491. The lowest BCUT2D eigenvalue weighted by atomic mass is 10.0. The molecular formula is C11H9ClO5. The average molecular weight is 257 g/mol. The number of carboxylic acid groups (broad SMARTS) is 1. The molecule has 1 aromatic rings. The third kappa shape index (κ3) is 3.29. The van der Waals surface area contributed by atoms with Crippen LogP contribution in [0, 0.1) is 0 Å². The van der Waals surface area contributed by atoms with Crippen molar-refractivity contribution in [2.45, 2.75) is 6.42 Å². The Morgan fingerprint density at radius 2 is 2.00 bits per heavy atom. The van der Waals surface area contributed by atoms with Gasteiger partial charge in [0.05, 0.1) is 12.7 Å². The molecule has 0 radical (unpaired) electrons. The zero-order chi connectivity index (χ0) is 13.0. The second-order valence-electron chi connectivity index (χ2n) is 3.17. The molecule has 0 aromatic heterocycles. The predicted molar refractivity (Wildman–Crippen MR) is 59.6 cm³/mol. The van der Waals surface area contributed by atoms with Gasteiger partial charge in [0, 0.05) is 5.02 Å². The summed E-state index contributed by atoms with van der Waals surface area (Å²) >= 11 is 5.69. The number of hydrogen-bond acceptors (Lipinski definition) is 4. The molecule has 1 rings (SSSR count). The molecule has 0 fully saturated rings. The molecule has 6 heteroatoms. The van der Waals surface area contributed by atoms with Crippen LogP contribution in [-0.4, -0.2) is 29.8 Å². The topological polar surface area (TPSA) is 80.7 Å². The zero-order valence-corrected chi connectivity index (χ0v) is 9.65. The van der Waals surface area contributed by atoms with Gasteiger partial charge in [-0.05, 0) is 18.2 Å². The first kappa shape index (κ1) is 13.2. The van der Waals surface area contributed by atoms with E-state index in [2.05, 4.69) is 0 Å². The Kier molecular flexibility index (Phi) is 4.23. The lowest BCUT2D eigenvalue weighted by Gasteiger charge is -2.06. The van der Waals surface area contributed by atoms with Crippen LogP contribution >= 0.6 is 11.6 Å². The molecule has 90 valence electrons. The molecule has 0 heterocycles. The van der Waals surface area contributed by atoms with Crippen LogP contribution in [0.5, 0.6) is 5.75 Å². The smallest absolute Gasteiger partial charge is 0.311 e. The first-order valence-electron chi connectivity index (χ1n) is 4.58. The molecule has 17 heavy (non-hydrogen) atoms. The Hall–Kier alpha value is -1.88. The molecule has 0 aliphatic carbocycles. The van der Waals surface area contributed by atoms with E-state index in [4.69, 9.17) is 21.4 Å². The summed E-state index contributed by atoms with van der Waals surface area (Å²) in [6.07, 6.45) is -0.853. The van der Waals surface area contributed by atoms with Crippen LogP contribution in [0.3, 0.4) is 0 Å². The van der Waals surface area contributed by atoms with Crippen molar-refractivity contribution >= 4 is 29.1 Å². The van der Waals surface area contributed by atoms with Gasteiger partial charge in [0.2, 0.25) is 11.6 Å². The van der Waals surface area contributed by atoms with Crippen LogP contribution in [0.4, 0.5) is 0 Å². The van der Waals surface area contributed by atoms with Crippen LogP contribution in [-0.2, 0) is 9.59 Å². The van der Waals surface area contributed by atoms with Gasteiger partial charge in [-0.3, -0.25) is 14.4 Å². The minimum atomic E-state index is -1.36. The van der Waals surface area contributed by atoms with Crippen molar-refractivity contribution in [2.24, 2.45) is 0 Å². The third-order valence-electron chi connectivity index (χ3n) is 1.97. The highest BCUT2D eigenvalue weighted by molar-refractivity contribution is 6.46. The molecule has 0 aliphatic heterocycles. The van der Waals surface area contributed by atoms with Crippen molar-refractivity contribution in [2.75, 3.05) is 7.11 Å². The van der Waals surface area contributed by atoms with Crippen molar-refractivity contribution < 1.29 is 24.2 Å². The zero-order valence-electron chi connectivity index (χ0n) is 8.90. The standard InChI is InChI=1S/C11H9ClO5/c1-17-9-3-2-6(12)4-7(9)11(16)8(13)5-10(14)15/h2-4H,5H2,1H3,(H,14,15). The third-order valence-corrected chi connectivity index (χ3v) is 2.21.